The third-order valence-electron chi connectivity index (χ3n) is 3.88. The van der Waals surface area contributed by atoms with Crippen molar-refractivity contribution in [2.75, 3.05) is 13.2 Å². The Bertz CT molecular complexity index is 582. The lowest BCUT2D eigenvalue weighted by Gasteiger charge is -2.06. The first-order chi connectivity index (χ1) is 10.0. The highest BCUT2D eigenvalue weighted by Crippen LogP contribution is 2.14. The molecule has 2 heterocycles. The van der Waals surface area contributed by atoms with E-state index in [0.29, 0.717) is 6.54 Å². The summed E-state index contributed by atoms with van der Waals surface area (Å²) in [6, 6.07) is 0. The predicted molar refractivity (Wildman–Crippen MR) is 80.2 cm³/mol. The number of aryl methyl sites for hydroxylation is 3. The van der Waals surface area contributed by atoms with Gasteiger partial charge in [-0.25, -0.2) is 0 Å². The van der Waals surface area contributed by atoms with Crippen LogP contribution in [0.2, 0.25) is 0 Å². The summed E-state index contributed by atoms with van der Waals surface area (Å²) in [6.07, 6.45) is 0.907. The van der Waals surface area contributed by atoms with E-state index in [-0.39, 0.29) is 6.61 Å². The van der Waals surface area contributed by atoms with Gasteiger partial charge in [-0.2, -0.15) is 5.10 Å². The summed E-state index contributed by atoms with van der Waals surface area (Å²) >= 11 is 0. The Hall–Kier alpha value is -1.66. The molecule has 21 heavy (non-hydrogen) atoms. The van der Waals surface area contributed by atoms with Crippen molar-refractivity contribution < 1.29 is 9.63 Å². The standard InChI is InChI=1S/C15H24N4O2/c1-10-15(12(3)19(17-10)7-8-20)9-16-6-5-14-11(2)18-21-13(14)4/h16,20H,5-9H2,1-4H3. The Morgan fingerprint density at radius 2 is 1.90 bits per heavy atom. The highest BCUT2D eigenvalue weighted by Gasteiger charge is 2.11. The Morgan fingerprint density at radius 1 is 1.14 bits per heavy atom. The lowest BCUT2D eigenvalue weighted by molar-refractivity contribution is 0.267. The molecule has 0 aromatic carbocycles. The average Bonchev–Trinajstić information content (AvgIpc) is 2.90. The van der Waals surface area contributed by atoms with Crippen LogP contribution in [0.5, 0.6) is 0 Å². The molecule has 0 saturated heterocycles. The number of aromatic nitrogens is 3. The maximum absolute atomic E-state index is 9.02. The molecular formula is C15H24N4O2. The van der Waals surface area contributed by atoms with E-state index >= 15 is 0 Å². The Morgan fingerprint density at radius 3 is 2.52 bits per heavy atom. The number of hydrogen-bond acceptors (Lipinski definition) is 5. The topological polar surface area (TPSA) is 76.1 Å². The minimum Gasteiger partial charge on any atom is -0.394 e. The van der Waals surface area contributed by atoms with Crippen molar-refractivity contribution in [2.45, 2.75) is 47.2 Å². The summed E-state index contributed by atoms with van der Waals surface area (Å²) in [5.74, 6) is 0.900. The van der Waals surface area contributed by atoms with Crippen LogP contribution in [0.25, 0.3) is 0 Å². The van der Waals surface area contributed by atoms with E-state index < -0.39 is 0 Å². The normalized spacial score (nSPS) is 11.3. The zero-order valence-corrected chi connectivity index (χ0v) is 13.2. The predicted octanol–water partition coefficient (Wildman–Crippen LogP) is 1.43. The number of aliphatic hydroxyl groups is 1. The Labute approximate surface area is 125 Å². The van der Waals surface area contributed by atoms with Gasteiger partial charge in [0.25, 0.3) is 0 Å². The molecule has 2 aromatic heterocycles. The maximum Gasteiger partial charge on any atom is 0.137 e. The second-order valence-electron chi connectivity index (χ2n) is 5.33. The number of nitrogens with zero attached hydrogens (tertiary/aromatic N) is 3. The van der Waals surface area contributed by atoms with Crippen LogP contribution in [0.1, 0.15) is 34.0 Å². The smallest absolute Gasteiger partial charge is 0.137 e. The van der Waals surface area contributed by atoms with Crippen LogP contribution in [0.4, 0.5) is 0 Å². The van der Waals surface area contributed by atoms with Crippen LogP contribution in [0, 0.1) is 27.7 Å². The summed E-state index contributed by atoms with van der Waals surface area (Å²) in [5.41, 5.74) is 5.50. The van der Waals surface area contributed by atoms with Gasteiger partial charge in [0.15, 0.2) is 0 Å². The molecule has 0 fully saturated rings. The molecular weight excluding hydrogens is 268 g/mol. The fourth-order valence-corrected chi connectivity index (χ4v) is 2.59. The largest absolute Gasteiger partial charge is 0.394 e. The fraction of sp³-hybridized carbons (Fsp3) is 0.600. The van der Waals surface area contributed by atoms with Gasteiger partial charge < -0.3 is 14.9 Å². The molecule has 6 nitrogen and oxygen atoms in total. The van der Waals surface area contributed by atoms with Gasteiger partial charge in [-0.1, -0.05) is 5.16 Å². The highest BCUT2D eigenvalue weighted by atomic mass is 16.5. The van der Waals surface area contributed by atoms with E-state index in [9.17, 15) is 0 Å². The van der Waals surface area contributed by atoms with Gasteiger partial charge in [-0.05, 0) is 40.7 Å². The molecule has 2 N–H and O–H groups in total. The van der Waals surface area contributed by atoms with Crippen LogP contribution in [-0.4, -0.2) is 33.2 Å². The second kappa shape index (κ2) is 6.87. The van der Waals surface area contributed by atoms with Crippen LogP contribution >= 0.6 is 0 Å². The Kier molecular flexibility index (Phi) is 5.14. The quantitative estimate of drug-likeness (QED) is 0.755. The summed E-state index contributed by atoms with van der Waals surface area (Å²) in [7, 11) is 0. The number of hydrogen-bond donors (Lipinski definition) is 2. The lowest BCUT2D eigenvalue weighted by Crippen LogP contribution is -2.18. The lowest BCUT2D eigenvalue weighted by atomic mass is 10.1. The van der Waals surface area contributed by atoms with Crippen molar-refractivity contribution in [3.63, 3.8) is 0 Å². The van der Waals surface area contributed by atoms with Gasteiger partial charge in [-0.3, -0.25) is 4.68 Å². The minimum atomic E-state index is 0.112. The monoisotopic (exact) mass is 292 g/mol. The highest BCUT2D eigenvalue weighted by molar-refractivity contribution is 5.24. The van der Waals surface area contributed by atoms with E-state index in [4.69, 9.17) is 9.63 Å². The van der Waals surface area contributed by atoms with Crippen LogP contribution in [-0.2, 0) is 19.5 Å². The summed E-state index contributed by atoms with van der Waals surface area (Å²) < 4.78 is 7.03. The first-order valence-corrected chi connectivity index (χ1v) is 7.30. The molecule has 2 rings (SSSR count). The van der Waals surface area contributed by atoms with E-state index in [1.807, 2.05) is 32.4 Å². The summed E-state index contributed by atoms with van der Waals surface area (Å²) in [5, 5.41) is 20.9. The maximum atomic E-state index is 9.02. The van der Waals surface area contributed by atoms with Gasteiger partial charge >= 0.3 is 0 Å². The van der Waals surface area contributed by atoms with Gasteiger partial charge in [0, 0.05) is 23.4 Å². The first-order valence-electron chi connectivity index (χ1n) is 7.30. The molecule has 0 radical (unpaired) electrons. The van der Waals surface area contributed by atoms with Crippen molar-refractivity contribution >= 4 is 0 Å². The van der Waals surface area contributed by atoms with Gasteiger partial charge in [0.2, 0.25) is 0 Å². The SMILES string of the molecule is Cc1noc(C)c1CCNCc1c(C)nn(CCO)c1C. The third-order valence-corrected chi connectivity index (χ3v) is 3.88. The second-order valence-corrected chi connectivity index (χ2v) is 5.33. The molecule has 6 heteroatoms. The number of rotatable bonds is 7. The molecule has 2 aromatic rings. The van der Waals surface area contributed by atoms with Crippen molar-refractivity contribution in [1.82, 2.24) is 20.3 Å². The summed E-state index contributed by atoms with van der Waals surface area (Å²) in [6.45, 7) is 10.3. The van der Waals surface area contributed by atoms with Crippen LogP contribution in [0.15, 0.2) is 4.52 Å². The van der Waals surface area contributed by atoms with Crippen molar-refractivity contribution in [3.05, 3.63) is 34.0 Å². The van der Waals surface area contributed by atoms with Crippen molar-refractivity contribution in [2.24, 2.45) is 0 Å². The third kappa shape index (κ3) is 3.51. The minimum absolute atomic E-state index is 0.112. The molecule has 0 bridgehead atoms. The molecule has 0 aliphatic carbocycles. The number of nitrogens with one attached hydrogen (secondary N) is 1. The van der Waals surface area contributed by atoms with Crippen molar-refractivity contribution in [1.29, 1.82) is 0 Å². The molecule has 0 amide bonds. The van der Waals surface area contributed by atoms with Gasteiger partial charge in [0.05, 0.1) is 24.5 Å². The van der Waals surface area contributed by atoms with Crippen LogP contribution < -0.4 is 5.32 Å². The molecule has 0 saturated carbocycles. The van der Waals surface area contributed by atoms with Gasteiger partial charge in [0.1, 0.15) is 5.76 Å². The molecule has 0 aliphatic heterocycles. The number of aliphatic hydroxyl groups excluding tert-OH is 1. The van der Waals surface area contributed by atoms with Crippen LogP contribution in [0.3, 0.4) is 0 Å². The zero-order chi connectivity index (χ0) is 15.4. The van der Waals surface area contributed by atoms with Gasteiger partial charge in [-0.15, -0.1) is 0 Å². The van der Waals surface area contributed by atoms with E-state index in [0.717, 1.165) is 42.4 Å². The molecule has 0 atom stereocenters. The molecule has 116 valence electrons. The molecule has 0 spiro atoms. The fourth-order valence-electron chi connectivity index (χ4n) is 2.59. The van der Waals surface area contributed by atoms with E-state index in [2.05, 4.69) is 15.6 Å². The molecule has 0 unspecified atom stereocenters. The van der Waals surface area contributed by atoms with E-state index in [1.165, 1.54) is 11.1 Å². The molecule has 0 aliphatic rings. The van der Waals surface area contributed by atoms with E-state index in [1.54, 1.807) is 0 Å². The van der Waals surface area contributed by atoms with Crippen molar-refractivity contribution in [3.8, 4) is 0 Å². The first kappa shape index (κ1) is 15.7. The average molecular weight is 292 g/mol. The summed E-state index contributed by atoms with van der Waals surface area (Å²) in [4.78, 5) is 0. The zero-order valence-electron chi connectivity index (χ0n) is 13.2. The Balaban J connectivity index is 1.89.